The molecular formula is C30H32BrO2P. The molecule has 0 spiro atoms. The molecule has 0 heterocycles. The third kappa shape index (κ3) is 6.88. The number of hydrogen-bond acceptors (Lipinski definition) is 2. The second-order valence-electron chi connectivity index (χ2n) is 7.88. The molecule has 0 radical (unpaired) electrons. The highest BCUT2D eigenvalue weighted by Gasteiger charge is 2.44. The largest absolute Gasteiger partial charge is 1.00 e. The average molecular weight is 535 g/mol. The predicted molar refractivity (Wildman–Crippen MR) is 143 cm³/mol. The number of carbonyl (C=O) groups excluding carboxylic acids is 1. The molecule has 3 aromatic rings. The molecule has 0 aromatic heterocycles. The van der Waals surface area contributed by atoms with Crippen molar-refractivity contribution in [2.45, 2.75) is 20.8 Å². The van der Waals surface area contributed by atoms with E-state index in [0.29, 0.717) is 12.2 Å². The Hall–Kier alpha value is -2.74. The number of rotatable bonds is 9. The summed E-state index contributed by atoms with van der Waals surface area (Å²) < 4.78 is 5.05. The zero-order valence-corrected chi connectivity index (χ0v) is 22.5. The van der Waals surface area contributed by atoms with Crippen molar-refractivity contribution >= 4 is 29.1 Å². The Labute approximate surface area is 215 Å². The lowest BCUT2D eigenvalue weighted by molar-refractivity contribution is -0.138. The average Bonchev–Trinajstić information content (AvgIpc) is 2.86. The molecule has 0 amide bonds. The monoisotopic (exact) mass is 534 g/mol. The van der Waals surface area contributed by atoms with E-state index in [0.717, 1.165) is 11.7 Å². The fourth-order valence-corrected chi connectivity index (χ4v) is 7.95. The summed E-state index contributed by atoms with van der Waals surface area (Å²) in [5.41, 5.74) is 1.76. The van der Waals surface area contributed by atoms with Crippen LogP contribution >= 0.6 is 7.26 Å². The lowest BCUT2D eigenvalue weighted by Crippen LogP contribution is -3.00. The van der Waals surface area contributed by atoms with Crippen LogP contribution in [0.5, 0.6) is 0 Å². The molecule has 0 saturated carbocycles. The van der Waals surface area contributed by atoms with Gasteiger partial charge in [0.05, 0.1) is 12.8 Å². The topological polar surface area (TPSA) is 26.3 Å². The third-order valence-electron chi connectivity index (χ3n) is 5.58. The zero-order valence-electron chi connectivity index (χ0n) is 20.0. The molecule has 176 valence electrons. The molecule has 0 unspecified atom stereocenters. The molecule has 4 heteroatoms. The SMILES string of the molecule is CCOC(=O)C(C)=CC=CC(C)=CC[P+](c1ccccc1)(c1ccccc1)c1ccccc1.[Br-]. The smallest absolute Gasteiger partial charge is 0.333 e. The van der Waals surface area contributed by atoms with Crippen LogP contribution in [0.2, 0.25) is 0 Å². The number of ether oxygens (including phenoxy) is 1. The van der Waals surface area contributed by atoms with Crippen molar-refractivity contribution in [2.24, 2.45) is 0 Å². The van der Waals surface area contributed by atoms with Gasteiger partial charge in [-0.25, -0.2) is 4.79 Å². The highest BCUT2D eigenvalue weighted by atomic mass is 79.9. The number of allylic oxidation sites excluding steroid dienone is 5. The van der Waals surface area contributed by atoms with Gasteiger partial charge in [0.2, 0.25) is 0 Å². The molecule has 2 nitrogen and oxygen atoms in total. The summed E-state index contributed by atoms with van der Waals surface area (Å²) in [5, 5.41) is 4.11. The van der Waals surface area contributed by atoms with Gasteiger partial charge >= 0.3 is 5.97 Å². The van der Waals surface area contributed by atoms with Crippen molar-refractivity contribution < 1.29 is 26.5 Å². The molecule has 0 aliphatic rings. The van der Waals surface area contributed by atoms with Crippen molar-refractivity contribution in [3.63, 3.8) is 0 Å². The molecule has 0 N–H and O–H groups in total. The van der Waals surface area contributed by atoms with Gasteiger partial charge in [-0.3, -0.25) is 0 Å². The summed E-state index contributed by atoms with van der Waals surface area (Å²) >= 11 is 0. The molecule has 0 saturated heterocycles. The third-order valence-corrected chi connectivity index (χ3v) is 9.85. The number of halogens is 1. The molecule has 3 aromatic carbocycles. The minimum absolute atomic E-state index is 0. The van der Waals surface area contributed by atoms with Gasteiger partial charge in [0.25, 0.3) is 0 Å². The highest BCUT2D eigenvalue weighted by Crippen LogP contribution is 2.55. The van der Waals surface area contributed by atoms with E-state index in [1.165, 1.54) is 15.9 Å². The Balaban J connectivity index is 0.00000408. The van der Waals surface area contributed by atoms with E-state index in [9.17, 15) is 4.79 Å². The molecule has 3 rings (SSSR count). The van der Waals surface area contributed by atoms with Crippen molar-refractivity contribution in [3.05, 3.63) is 126 Å². The van der Waals surface area contributed by atoms with Crippen molar-refractivity contribution in [2.75, 3.05) is 12.8 Å². The first-order valence-electron chi connectivity index (χ1n) is 11.3. The fourth-order valence-electron chi connectivity index (χ4n) is 3.82. The second kappa shape index (κ2) is 13.8. The quantitative estimate of drug-likeness (QED) is 0.182. The van der Waals surface area contributed by atoms with E-state index in [2.05, 4.69) is 110 Å². The van der Waals surface area contributed by atoms with Gasteiger partial charge in [-0.15, -0.1) is 0 Å². The van der Waals surface area contributed by atoms with Gasteiger partial charge in [0.1, 0.15) is 23.2 Å². The van der Waals surface area contributed by atoms with Gasteiger partial charge < -0.3 is 21.7 Å². The summed E-state index contributed by atoms with van der Waals surface area (Å²) in [6.45, 7) is 6.09. The van der Waals surface area contributed by atoms with Crippen LogP contribution in [0.25, 0.3) is 0 Å². The van der Waals surface area contributed by atoms with Gasteiger partial charge in [-0.05, 0) is 63.2 Å². The minimum Gasteiger partial charge on any atom is -1.00 e. The van der Waals surface area contributed by atoms with E-state index in [1.54, 1.807) is 6.92 Å². The molecule has 0 atom stereocenters. The van der Waals surface area contributed by atoms with Crippen LogP contribution in [0.3, 0.4) is 0 Å². The summed E-state index contributed by atoms with van der Waals surface area (Å²) in [6.07, 6.45) is 9.03. The first-order chi connectivity index (χ1) is 16.1. The van der Waals surface area contributed by atoms with Gasteiger partial charge in [0, 0.05) is 5.57 Å². The van der Waals surface area contributed by atoms with Crippen LogP contribution in [-0.4, -0.2) is 18.7 Å². The Kier molecular flexibility index (Phi) is 11.2. The second-order valence-corrected chi connectivity index (χ2v) is 11.4. The van der Waals surface area contributed by atoms with Crippen molar-refractivity contribution in [1.29, 1.82) is 0 Å². The van der Waals surface area contributed by atoms with Crippen molar-refractivity contribution in [1.82, 2.24) is 0 Å². The van der Waals surface area contributed by atoms with E-state index in [1.807, 2.05) is 19.1 Å². The van der Waals surface area contributed by atoms with Gasteiger partial charge in [-0.1, -0.05) is 78.4 Å². The zero-order chi connectivity index (χ0) is 23.5. The normalized spacial score (nSPS) is 12.3. The van der Waals surface area contributed by atoms with E-state index in [4.69, 9.17) is 4.74 Å². The summed E-state index contributed by atoms with van der Waals surface area (Å²) in [6, 6.07) is 32.6. The summed E-state index contributed by atoms with van der Waals surface area (Å²) in [5.74, 6) is -0.272. The maximum atomic E-state index is 11.8. The molecular weight excluding hydrogens is 503 g/mol. The number of benzene rings is 3. The highest BCUT2D eigenvalue weighted by molar-refractivity contribution is 7.95. The Morgan fingerprint density at radius 2 is 1.24 bits per heavy atom. The lowest BCUT2D eigenvalue weighted by atomic mass is 10.2. The van der Waals surface area contributed by atoms with Crippen LogP contribution in [-0.2, 0) is 9.53 Å². The first-order valence-corrected chi connectivity index (χ1v) is 13.3. The van der Waals surface area contributed by atoms with Gasteiger partial charge in [-0.2, -0.15) is 0 Å². The fraction of sp³-hybridized carbons (Fsp3) is 0.167. The number of esters is 1. The predicted octanol–water partition coefficient (Wildman–Crippen LogP) is 3.00. The minimum atomic E-state index is -1.88. The number of hydrogen-bond donors (Lipinski definition) is 0. The molecule has 0 bridgehead atoms. The summed E-state index contributed by atoms with van der Waals surface area (Å²) in [4.78, 5) is 11.8. The maximum absolute atomic E-state index is 11.8. The van der Waals surface area contributed by atoms with E-state index < -0.39 is 7.26 Å². The van der Waals surface area contributed by atoms with Crippen LogP contribution in [0, 0.1) is 0 Å². The van der Waals surface area contributed by atoms with E-state index >= 15 is 0 Å². The van der Waals surface area contributed by atoms with Crippen LogP contribution in [0.4, 0.5) is 0 Å². The van der Waals surface area contributed by atoms with Crippen LogP contribution in [0.1, 0.15) is 20.8 Å². The molecule has 34 heavy (non-hydrogen) atoms. The van der Waals surface area contributed by atoms with E-state index in [-0.39, 0.29) is 23.0 Å². The Morgan fingerprint density at radius 1 is 0.794 bits per heavy atom. The Bertz CT molecular complexity index is 1020. The first kappa shape index (κ1) is 27.5. The van der Waals surface area contributed by atoms with Gasteiger partial charge in [0.15, 0.2) is 0 Å². The van der Waals surface area contributed by atoms with Crippen LogP contribution in [0.15, 0.2) is 126 Å². The standard InChI is InChI=1S/C30H32O2P.BrH/c1-4-32-30(31)26(3)16-14-15-25(2)23-24-33(27-17-8-5-9-18-27,28-19-10-6-11-20-28)29-21-12-7-13-22-29;/h5-23H,4,24H2,1-3H3;1H/q+1;/p-1. The number of carbonyl (C=O) groups is 1. The molecule has 0 aliphatic carbocycles. The lowest BCUT2D eigenvalue weighted by Gasteiger charge is -2.26. The maximum Gasteiger partial charge on any atom is 0.333 e. The summed E-state index contributed by atoms with van der Waals surface area (Å²) in [7, 11) is -1.88. The molecule has 0 aliphatic heterocycles. The van der Waals surface area contributed by atoms with Crippen LogP contribution < -0.4 is 32.9 Å². The Morgan fingerprint density at radius 3 is 1.65 bits per heavy atom. The van der Waals surface area contributed by atoms with Crippen molar-refractivity contribution in [3.8, 4) is 0 Å². The molecule has 0 fully saturated rings.